The van der Waals surface area contributed by atoms with Crippen molar-refractivity contribution in [1.82, 2.24) is 4.90 Å². The molecule has 2 heterocycles. The third kappa shape index (κ3) is 2.13. The van der Waals surface area contributed by atoms with Gasteiger partial charge in [-0.05, 0) is 12.5 Å². The number of amides is 1. The van der Waals surface area contributed by atoms with Gasteiger partial charge in [0.1, 0.15) is 6.10 Å². The fraction of sp³-hybridized carbons (Fsp3) is 0.571. The van der Waals surface area contributed by atoms with Gasteiger partial charge in [0, 0.05) is 12.1 Å². The van der Waals surface area contributed by atoms with E-state index in [2.05, 4.69) is 6.58 Å². The van der Waals surface area contributed by atoms with E-state index < -0.39 is 17.9 Å². The van der Waals surface area contributed by atoms with E-state index in [0.29, 0.717) is 6.42 Å². The third-order valence-corrected chi connectivity index (χ3v) is 4.12. The summed E-state index contributed by atoms with van der Waals surface area (Å²) in [6, 6.07) is 0. The number of carbonyl (C=O) groups is 2. The van der Waals surface area contributed by atoms with E-state index in [1.54, 1.807) is 6.08 Å². The highest BCUT2D eigenvalue weighted by atomic mass is 16.6. The molecule has 0 radical (unpaired) electrons. The first-order valence-corrected chi connectivity index (χ1v) is 6.47. The molecule has 0 aromatic carbocycles. The summed E-state index contributed by atoms with van der Waals surface area (Å²) in [6.45, 7) is 7.59. The molecule has 5 heteroatoms. The largest absolute Gasteiger partial charge is 0.388 e. The zero-order chi connectivity index (χ0) is 14.2. The van der Waals surface area contributed by atoms with E-state index in [9.17, 15) is 14.7 Å². The van der Waals surface area contributed by atoms with Crippen LogP contribution < -0.4 is 0 Å². The molecule has 2 aliphatic heterocycles. The molecule has 0 aliphatic carbocycles. The molecule has 1 fully saturated rings. The van der Waals surface area contributed by atoms with Gasteiger partial charge in [-0.25, -0.2) is 0 Å². The van der Waals surface area contributed by atoms with E-state index in [0.717, 1.165) is 0 Å². The summed E-state index contributed by atoms with van der Waals surface area (Å²) in [5, 5.41) is 10.3. The Kier molecular flexibility index (Phi) is 3.60. The van der Waals surface area contributed by atoms with Crippen LogP contribution >= 0.6 is 0 Å². The topological polar surface area (TPSA) is 66.8 Å². The number of aliphatic hydroxyl groups excluding tert-OH is 1. The normalized spacial score (nSPS) is 38.9. The Morgan fingerprint density at radius 3 is 2.79 bits per heavy atom. The molecule has 0 spiro atoms. The molecule has 2 rings (SSSR count). The molecule has 0 bridgehead atoms. The molecule has 0 saturated carbocycles. The maximum Gasteiger partial charge on any atom is 0.236 e. The zero-order valence-corrected chi connectivity index (χ0v) is 11.2. The maximum absolute atomic E-state index is 11.9. The number of aliphatic hydroxyl groups is 1. The lowest BCUT2D eigenvalue weighted by atomic mass is 9.85. The molecule has 5 nitrogen and oxygen atoms in total. The van der Waals surface area contributed by atoms with Crippen LogP contribution in [-0.4, -0.2) is 39.6 Å². The average molecular weight is 265 g/mol. The highest BCUT2D eigenvalue weighted by molar-refractivity contribution is 6.06. The number of hydrogen-bond acceptors (Lipinski definition) is 4. The predicted molar refractivity (Wildman–Crippen MR) is 68.9 cm³/mol. The Labute approximate surface area is 112 Å². The highest BCUT2D eigenvalue weighted by Crippen LogP contribution is 2.41. The predicted octanol–water partition coefficient (Wildman–Crippen LogP) is 0.990. The Morgan fingerprint density at radius 2 is 2.32 bits per heavy atom. The van der Waals surface area contributed by atoms with Crippen molar-refractivity contribution in [2.24, 2.45) is 5.92 Å². The monoisotopic (exact) mass is 265 g/mol. The summed E-state index contributed by atoms with van der Waals surface area (Å²) >= 11 is 0. The van der Waals surface area contributed by atoms with Crippen molar-refractivity contribution in [3.05, 3.63) is 24.9 Å². The maximum atomic E-state index is 11.9. The Morgan fingerprint density at radius 1 is 1.63 bits per heavy atom. The molecule has 19 heavy (non-hydrogen) atoms. The smallest absolute Gasteiger partial charge is 0.236 e. The first-order chi connectivity index (χ1) is 8.95. The summed E-state index contributed by atoms with van der Waals surface area (Å²) in [5.41, 5.74) is -0.639. The zero-order valence-electron chi connectivity index (χ0n) is 11.2. The van der Waals surface area contributed by atoms with Crippen molar-refractivity contribution in [2.75, 3.05) is 0 Å². The molecular formula is C14H19NO4. The number of ketones is 1. The van der Waals surface area contributed by atoms with Gasteiger partial charge in [0.05, 0.1) is 12.0 Å². The average Bonchev–Trinajstić information content (AvgIpc) is 2.64. The lowest BCUT2D eigenvalue weighted by Gasteiger charge is -2.31. The summed E-state index contributed by atoms with van der Waals surface area (Å²) in [5.74, 6) is -0.745. The second-order valence-electron chi connectivity index (χ2n) is 5.06. The molecule has 0 unspecified atom stereocenters. The molecule has 2 aliphatic rings. The van der Waals surface area contributed by atoms with Gasteiger partial charge >= 0.3 is 0 Å². The van der Waals surface area contributed by atoms with Gasteiger partial charge < -0.3 is 9.84 Å². The molecule has 1 amide bonds. The second kappa shape index (κ2) is 4.90. The molecule has 4 atom stereocenters. The number of rotatable bonds is 3. The van der Waals surface area contributed by atoms with Crippen LogP contribution in [0.1, 0.15) is 26.7 Å². The van der Waals surface area contributed by atoms with Gasteiger partial charge in [-0.2, -0.15) is 0 Å². The summed E-state index contributed by atoms with van der Waals surface area (Å²) in [4.78, 5) is 24.3. The van der Waals surface area contributed by atoms with Crippen LogP contribution in [0.3, 0.4) is 0 Å². The Bertz CT molecular complexity index is 445. The van der Waals surface area contributed by atoms with Crippen molar-refractivity contribution < 1.29 is 19.4 Å². The van der Waals surface area contributed by atoms with E-state index in [1.807, 2.05) is 13.8 Å². The second-order valence-corrected chi connectivity index (χ2v) is 5.06. The lowest BCUT2D eigenvalue weighted by Crippen LogP contribution is -2.45. The van der Waals surface area contributed by atoms with E-state index in [4.69, 9.17) is 4.74 Å². The Hall–Kier alpha value is -1.46. The molecular weight excluding hydrogens is 246 g/mol. The van der Waals surface area contributed by atoms with Gasteiger partial charge in [0.15, 0.2) is 12.0 Å². The first kappa shape index (κ1) is 14.0. The van der Waals surface area contributed by atoms with Crippen molar-refractivity contribution in [3.8, 4) is 0 Å². The van der Waals surface area contributed by atoms with Crippen LogP contribution in [0.5, 0.6) is 0 Å². The molecule has 1 saturated heterocycles. The molecule has 0 aromatic rings. The van der Waals surface area contributed by atoms with Gasteiger partial charge in [-0.1, -0.05) is 19.9 Å². The van der Waals surface area contributed by atoms with Gasteiger partial charge in [0.2, 0.25) is 5.91 Å². The van der Waals surface area contributed by atoms with Crippen LogP contribution in [0.25, 0.3) is 0 Å². The fourth-order valence-corrected chi connectivity index (χ4v) is 2.72. The summed E-state index contributed by atoms with van der Waals surface area (Å²) in [6.07, 6.45) is 3.33. The number of hydrogen-bond donors (Lipinski definition) is 1. The van der Waals surface area contributed by atoms with E-state index in [1.165, 1.54) is 17.2 Å². The van der Waals surface area contributed by atoms with E-state index in [-0.39, 0.29) is 24.0 Å². The number of ether oxygens (including phenoxy) is 1. The third-order valence-electron chi connectivity index (χ3n) is 4.12. The minimum Gasteiger partial charge on any atom is -0.388 e. The van der Waals surface area contributed by atoms with E-state index >= 15 is 0 Å². The molecule has 1 N–H and O–H groups in total. The standard InChI is InChI=1S/C14H19NO4/c1-4-14(5-2)9(3)12(18)13(19-14)15-7-6-10(16)8-11(15)17/h4,6-7,9,12-13,18H,1,5,8H2,2-3H3/t9-,12+,13+,14+/m0/s1. The van der Waals surface area contributed by atoms with Crippen molar-refractivity contribution in [2.45, 2.75) is 44.6 Å². The van der Waals surface area contributed by atoms with Crippen LogP contribution in [0.4, 0.5) is 0 Å². The minimum absolute atomic E-state index is 0.168. The van der Waals surface area contributed by atoms with Gasteiger partial charge in [0.25, 0.3) is 0 Å². The fourth-order valence-electron chi connectivity index (χ4n) is 2.72. The summed E-state index contributed by atoms with van der Waals surface area (Å²) in [7, 11) is 0. The minimum atomic E-state index is -0.806. The van der Waals surface area contributed by atoms with Crippen LogP contribution in [0.15, 0.2) is 24.9 Å². The van der Waals surface area contributed by atoms with Gasteiger partial charge in [-0.3, -0.25) is 14.5 Å². The Balaban J connectivity index is 2.27. The number of nitrogens with zero attached hydrogens (tertiary/aromatic N) is 1. The van der Waals surface area contributed by atoms with Crippen LogP contribution in [0.2, 0.25) is 0 Å². The van der Waals surface area contributed by atoms with Gasteiger partial charge in [-0.15, -0.1) is 6.58 Å². The van der Waals surface area contributed by atoms with Crippen molar-refractivity contribution >= 4 is 11.7 Å². The quantitative estimate of drug-likeness (QED) is 0.610. The lowest BCUT2D eigenvalue weighted by molar-refractivity contribution is -0.151. The molecule has 104 valence electrons. The van der Waals surface area contributed by atoms with Crippen molar-refractivity contribution in [3.63, 3.8) is 0 Å². The van der Waals surface area contributed by atoms with Crippen molar-refractivity contribution in [1.29, 1.82) is 0 Å². The summed E-state index contributed by atoms with van der Waals surface area (Å²) < 4.78 is 5.89. The van der Waals surface area contributed by atoms with Crippen LogP contribution in [0, 0.1) is 5.92 Å². The SMILES string of the molecule is C=C[C@]1(CC)O[C@@H](N2C=CC(=O)CC2=O)[C@H](O)[C@@H]1C. The first-order valence-electron chi connectivity index (χ1n) is 6.47. The number of allylic oxidation sites excluding steroid dienone is 1. The highest BCUT2D eigenvalue weighted by Gasteiger charge is 2.52. The molecule has 0 aromatic heterocycles. The van der Waals surface area contributed by atoms with Crippen LogP contribution in [-0.2, 0) is 14.3 Å². The number of carbonyl (C=O) groups excluding carboxylic acids is 2.